The van der Waals surface area contributed by atoms with Crippen molar-refractivity contribution in [2.24, 2.45) is 0 Å². The summed E-state index contributed by atoms with van der Waals surface area (Å²) in [4.78, 5) is 20.0. The minimum Gasteiger partial charge on any atom is -0.477 e. The fourth-order valence-electron chi connectivity index (χ4n) is 1.33. The quantitative estimate of drug-likeness (QED) is 0.850. The first-order valence-corrected chi connectivity index (χ1v) is 5.51. The number of carbonyl (C=O) groups is 1. The van der Waals surface area contributed by atoms with E-state index < -0.39 is 5.97 Å². The van der Waals surface area contributed by atoms with Crippen molar-refractivity contribution in [2.75, 3.05) is 11.9 Å². The molecule has 0 aromatic carbocycles. The second kappa shape index (κ2) is 4.36. The van der Waals surface area contributed by atoms with Gasteiger partial charge in [0.25, 0.3) is 0 Å². The summed E-state index contributed by atoms with van der Waals surface area (Å²) < 4.78 is 0. The summed E-state index contributed by atoms with van der Waals surface area (Å²) in [5, 5.41) is 9.48. The topological polar surface area (TPSA) is 69.2 Å². The Balaban J connectivity index is 2.08. The van der Waals surface area contributed by atoms with Gasteiger partial charge in [-0.25, -0.2) is 9.78 Å². The van der Waals surface area contributed by atoms with Gasteiger partial charge in [-0.2, -0.15) is 0 Å². The lowest BCUT2D eigenvalue weighted by Crippen LogP contribution is -2.16. The van der Waals surface area contributed by atoms with Gasteiger partial charge in [-0.1, -0.05) is 11.3 Å². The van der Waals surface area contributed by atoms with Crippen LogP contribution in [0.25, 0.3) is 0 Å². The molecule has 6 heteroatoms. The standard InChI is InChI=1S/C10H11N3O2S/c1-13(6-7-3-2-4-11-7)10-12-5-8(16-10)9(14)15/h2-5,11H,6H2,1H3,(H,14,15). The highest BCUT2D eigenvalue weighted by atomic mass is 32.1. The minimum atomic E-state index is -0.933. The van der Waals surface area contributed by atoms with Crippen LogP contribution in [0.3, 0.4) is 0 Å². The third kappa shape index (κ3) is 2.22. The third-order valence-corrected chi connectivity index (χ3v) is 3.20. The zero-order chi connectivity index (χ0) is 11.5. The van der Waals surface area contributed by atoms with Crippen molar-refractivity contribution in [3.05, 3.63) is 35.1 Å². The van der Waals surface area contributed by atoms with E-state index in [0.29, 0.717) is 11.7 Å². The van der Waals surface area contributed by atoms with Crippen LogP contribution < -0.4 is 4.90 Å². The number of hydrogen-bond acceptors (Lipinski definition) is 4. The number of aromatic carboxylic acids is 1. The van der Waals surface area contributed by atoms with Crippen LogP contribution in [-0.2, 0) is 6.54 Å². The van der Waals surface area contributed by atoms with Gasteiger partial charge in [0.1, 0.15) is 4.88 Å². The fraction of sp³-hybridized carbons (Fsp3) is 0.200. The monoisotopic (exact) mass is 237 g/mol. The van der Waals surface area contributed by atoms with Crippen LogP contribution in [0.5, 0.6) is 0 Å². The molecule has 2 aromatic rings. The highest BCUT2D eigenvalue weighted by Crippen LogP contribution is 2.22. The summed E-state index contributed by atoms with van der Waals surface area (Å²) >= 11 is 1.17. The Hall–Kier alpha value is -1.82. The molecule has 2 aromatic heterocycles. The highest BCUT2D eigenvalue weighted by molar-refractivity contribution is 7.17. The molecule has 0 saturated carbocycles. The lowest BCUT2D eigenvalue weighted by molar-refractivity contribution is 0.0702. The number of hydrogen-bond donors (Lipinski definition) is 2. The number of nitrogens with one attached hydrogen (secondary N) is 1. The molecule has 0 aliphatic heterocycles. The van der Waals surface area contributed by atoms with Gasteiger partial charge in [-0.15, -0.1) is 0 Å². The Bertz CT molecular complexity index is 478. The van der Waals surface area contributed by atoms with E-state index in [4.69, 9.17) is 5.11 Å². The molecule has 2 N–H and O–H groups in total. The predicted molar refractivity (Wildman–Crippen MR) is 62.0 cm³/mol. The van der Waals surface area contributed by atoms with Gasteiger partial charge < -0.3 is 15.0 Å². The van der Waals surface area contributed by atoms with Gasteiger partial charge in [0.05, 0.1) is 12.7 Å². The van der Waals surface area contributed by atoms with Crippen LogP contribution >= 0.6 is 11.3 Å². The molecule has 0 fully saturated rings. The van der Waals surface area contributed by atoms with Crippen LogP contribution in [0.4, 0.5) is 5.13 Å². The summed E-state index contributed by atoms with van der Waals surface area (Å²) in [5.74, 6) is -0.933. The molecule has 0 unspecified atom stereocenters. The number of rotatable bonds is 4. The van der Waals surface area contributed by atoms with Gasteiger partial charge >= 0.3 is 5.97 Å². The first-order valence-electron chi connectivity index (χ1n) is 4.69. The third-order valence-electron chi connectivity index (χ3n) is 2.10. The zero-order valence-corrected chi connectivity index (χ0v) is 9.49. The molecule has 0 bridgehead atoms. The maximum atomic E-state index is 10.7. The second-order valence-corrected chi connectivity index (χ2v) is 4.37. The Morgan fingerprint density at radius 3 is 3.06 bits per heavy atom. The normalized spacial score (nSPS) is 10.3. The Morgan fingerprint density at radius 2 is 2.50 bits per heavy atom. The van der Waals surface area contributed by atoms with E-state index in [0.717, 1.165) is 5.69 Å². The number of anilines is 1. The second-order valence-electron chi connectivity index (χ2n) is 3.36. The van der Waals surface area contributed by atoms with E-state index in [1.54, 1.807) is 0 Å². The van der Waals surface area contributed by atoms with Gasteiger partial charge in [-0.3, -0.25) is 0 Å². The van der Waals surface area contributed by atoms with Crippen molar-refractivity contribution in [3.8, 4) is 0 Å². The molecular weight excluding hydrogens is 226 g/mol. The van der Waals surface area contributed by atoms with E-state index in [1.807, 2.05) is 30.3 Å². The van der Waals surface area contributed by atoms with E-state index in [1.165, 1.54) is 17.5 Å². The molecule has 0 saturated heterocycles. The Labute approximate surface area is 96.4 Å². The maximum absolute atomic E-state index is 10.7. The summed E-state index contributed by atoms with van der Waals surface area (Å²) in [7, 11) is 1.88. The number of thiazole rings is 1. The maximum Gasteiger partial charge on any atom is 0.347 e. The van der Waals surface area contributed by atoms with Gasteiger partial charge in [0.2, 0.25) is 0 Å². The number of nitrogens with zero attached hydrogens (tertiary/aromatic N) is 2. The highest BCUT2D eigenvalue weighted by Gasteiger charge is 2.11. The average molecular weight is 237 g/mol. The molecule has 5 nitrogen and oxygen atoms in total. The Kier molecular flexibility index (Phi) is 2.91. The summed E-state index contributed by atoms with van der Waals surface area (Å²) in [6.45, 7) is 0.680. The lowest BCUT2D eigenvalue weighted by Gasteiger charge is -2.13. The van der Waals surface area contributed by atoms with E-state index in [2.05, 4.69) is 9.97 Å². The number of aromatic nitrogens is 2. The van der Waals surface area contributed by atoms with Crippen molar-refractivity contribution >= 4 is 22.4 Å². The minimum absolute atomic E-state index is 0.258. The zero-order valence-electron chi connectivity index (χ0n) is 8.67. The SMILES string of the molecule is CN(Cc1ccc[nH]1)c1ncc(C(=O)O)s1. The van der Waals surface area contributed by atoms with Crippen molar-refractivity contribution in [3.63, 3.8) is 0 Å². The average Bonchev–Trinajstić information content (AvgIpc) is 2.86. The van der Waals surface area contributed by atoms with Crippen LogP contribution in [0.15, 0.2) is 24.5 Å². The van der Waals surface area contributed by atoms with Crippen LogP contribution in [0.1, 0.15) is 15.4 Å². The fourth-order valence-corrected chi connectivity index (χ4v) is 2.04. The predicted octanol–water partition coefficient (Wildman–Crippen LogP) is 1.81. The lowest BCUT2D eigenvalue weighted by atomic mass is 10.4. The summed E-state index contributed by atoms with van der Waals surface area (Å²) in [6, 6.07) is 3.90. The molecule has 0 aliphatic carbocycles. The molecule has 2 rings (SSSR count). The molecule has 0 amide bonds. The van der Waals surface area contributed by atoms with Crippen molar-refractivity contribution in [2.45, 2.75) is 6.54 Å². The molecule has 0 aliphatic rings. The van der Waals surface area contributed by atoms with Crippen molar-refractivity contribution in [1.82, 2.24) is 9.97 Å². The van der Waals surface area contributed by atoms with Crippen LogP contribution in [0.2, 0.25) is 0 Å². The van der Waals surface area contributed by atoms with E-state index >= 15 is 0 Å². The van der Waals surface area contributed by atoms with Crippen molar-refractivity contribution in [1.29, 1.82) is 0 Å². The summed E-state index contributed by atoms with van der Waals surface area (Å²) in [6.07, 6.45) is 3.24. The van der Waals surface area contributed by atoms with Crippen LogP contribution in [0, 0.1) is 0 Å². The molecule has 0 spiro atoms. The number of H-pyrrole nitrogens is 1. The number of aromatic amines is 1. The van der Waals surface area contributed by atoms with Crippen LogP contribution in [-0.4, -0.2) is 28.1 Å². The first kappa shape index (κ1) is 10.7. The Morgan fingerprint density at radius 1 is 1.69 bits per heavy atom. The largest absolute Gasteiger partial charge is 0.477 e. The van der Waals surface area contributed by atoms with Gasteiger partial charge in [0.15, 0.2) is 5.13 Å². The molecule has 0 radical (unpaired) electrons. The molecule has 16 heavy (non-hydrogen) atoms. The summed E-state index contributed by atoms with van der Waals surface area (Å²) in [5.41, 5.74) is 1.06. The van der Waals surface area contributed by atoms with Gasteiger partial charge in [-0.05, 0) is 12.1 Å². The van der Waals surface area contributed by atoms with Crippen molar-refractivity contribution < 1.29 is 9.90 Å². The van der Waals surface area contributed by atoms with Gasteiger partial charge in [0, 0.05) is 18.9 Å². The molecule has 0 atom stereocenters. The van der Waals surface area contributed by atoms with E-state index in [-0.39, 0.29) is 4.88 Å². The molecular formula is C10H11N3O2S. The molecule has 2 heterocycles. The number of carboxylic acids is 1. The van der Waals surface area contributed by atoms with E-state index in [9.17, 15) is 4.79 Å². The number of carboxylic acid groups (broad SMARTS) is 1. The smallest absolute Gasteiger partial charge is 0.347 e. The first-order chi connectivity index (χ1) is 7.66. The molecule has 84 valence electrons.